The molecule has 0 unspecified atom stereocenters. The highest BCUT2D eigenvalue weighted by Gasteiger charge is 2.27. The topological polar surface area (TPSA) is 79.7 Å². The molecule has 1 aromatic rings. The fourth-order valence-electron chi connectivity index (χ4n) is 2.68. The molecular weight excluding hydrogens is 272 g/mol. The minimum absolute atomic E-state index is 0.0604. The maximum absolute atomic E-state index is 12.4. The highest BCUT2D eigenvalue weighted by molar-refractivity contribution is 5.94. The Morgan fingerprint density at radius 1 is 1.29 bits per heavy atom. The zero-order chi connectivity index (χ0) is 15.4. The van der Waals surface area contributed by atoms with Gasteiger partial charge >= 0.3 is 5.97 Å². The minimum Gasteiger partial charge on any atom is -0.477 e. The van der Waals surface area contributed by atoms with Crippen molar-refractivity contribution in [2.24, 2.45) is 0 Å². The van der Waals surface area contributed by atoms with E-state index in [1.54, 1.807) is 19.1 Å². The summed E-state index contributed by atoms with van der Waals surface area (Å²) in [7, 11) is 3.50. The van der Waals surface area contributed by atoms with Crippen molar-refractivity contribution in [1.82, 2.24) is 9.88 Å². The van der Waals surface area contributed by atoms with Crippen molar-refractivity contribution in [2.45, 2.75) is 37.8 Å². The van der Waals surface area contributed by atoms with Crippen LogP contribution in [0.4, 0.5) is 0 Å². The van der Waals surface area contributed by atoms with E-state index >= 15 is 0 Å². The molecule has 1 amide bonds. The van der Waals surface area contributed by atoms with Gasteiger partial charge < -0.3 is 14.7 Å². The van der Waals surface area contributed by atoms with Gasteiger partial charge in [-0.05, 0) is 37.8 Å². The summed E-state index contributed by atoms with van der Waals surface area (Å²) in [4.78, 5) is 28.6. The van der Waals surface area contributed by atoms with E-state index < -0.39 is 5.97 Å². The number of nitrogens with zero attached hydrogens (tertiary/aromatic N) is 2. The Labute approximate surface area is 123 Å². The van der Waals surface area contributed by atoms with Crippen molar-refractivity contribution in [2.75, 3.05) is 14.2 Å². The lowest BCUT2D eigenvalue weighted by Crippen LogP contribution is -2.40. The van der Waals surface area contributed by atoms with Crippen LogP contribution in [-0.4, -0.2) is 53.2 Å². The molecule has 1 aromatic heterocycles. The van der Waals surface area contributed by atoms with Gasteiger partial charge in [-0.1, -0.05) is 0 Å². The molecule has 0 bridgehead atoms. The van der Waals surface area contributed by atoms with Gasteiger partial charge in [-0.3, -0.25) is 4.79 Å². The summed E-state index contributed by atoms with van der Waals surface area (Å²) in [6.45, 7) is 0. The van der Waals surface area contributed by atoms with E-state index in [0.29, 0.717) is 11.7 Å². The third-order valence-electron chi connectivity index (χ3n) is 4.07. The van der Waals surface area contributed by atoms with Crippen LogP contribution in [0.3, 0.4) is 0 Å². The molecule has 0 spiro atoms. The van der Waals surface area contributed by atoms with Crippen molar-refractivity contribution >= 4 is 11.9 Å². The Morgan fingerprint density at radius 3 is 2.43 bits per heavy atom. The van der Waals surface area contributed by atoms with Crippen LogP contribution in [0.5, 0.6) is 0 Å². The first-order valence-electron chi connectivity index (χ1n) is 7.02. The fraction of sp³-hybridized carbons (Fsp3) is 0.533. The molecule has 0 atom stereocenters. The monoisotopic (exact) mass is 292 g/mol. The molecule has 0 aromatic carbocycles. The molecule has 1 heterocycles. The number of hydrogen-bond acceptors (Lipinski definition) is 4. The molecule has 0 saturated heterocycles. The van der Waals surface area contributed by atoms with Crippen LogP contribution in [0.2, 0.25) is 0 Å². The average molecular weight is 292 g/mol. The van der Waals surface area contributed by atoms with E-state index in [2.05, 4.69) is 4.98 Å². The third kappa shape index (κ3) is 3.58. The smallest absolute Gasteiger partial charge is 0.354 e. The van der Waals surface area contributed by atoms with E-state index in [-0.39, 0.29) is 17.6 Å². The summed E-state index contributed by atoms with van der Waals surface area (Å²) in [6, 6.07) is 3.06. The van der Waals surface area contributed by atoms with Crippen LogP contribution in [0.15, 0.2) is 18.3 Å². The summed E-state index contributed by atoms with van der Waals surface area (Å²) in [5.41, 5.74) is 0.353. The van der Waals surface area contributed by atoms with Gasteiger partial charge in [0.2, 0.25) is 0 Å². The highest BCUT2D eigenvalue weighted by atomic mass is 16.5. The van der Waals surface area contributed by atoms with Crippen LogP contribution in [0, 0.1) is 0 Å². The first kappa shape index (κ1) is 15.4. The van der Waals surface area contributed by atoms with Gasteiger partial charge in [0.1, 0.15) is 5.69 Å². The number of aromatic carboxylic acids is 1. The van der Waals surface area contributed by atoms with Crippen molar-refractivity contribution in [3.05, 3.63) is 29.6 Å². The molecule has 21 heavy (non-hydrogen) atoms. The lowest BCUT2D eigenvalue weighted by atomic mass is 9.92. The molecule has 114 valence electrons. The summed E-state index contributed by atoms with van der Waals surface area (Å²) in [5, 5.41) is 8.81. The first-order chi connectivity index (χ1) is 10.0. The zero-order valence-electron chi connectivity index (χ0n) is 12.3. The van der Waals surface area contributed by atoms with Gasteiger partial charge in [0.25, 0.3) is 5.91 Å². The Bertz CT molecular complexity index is 507. The molecule has 1 saturated carbocycles. The summed E-state index contributed by atoms with van der Waals surface area (Å²) < 4.78 is 5.33. The molecule has 1 N–H and O–H groups in total. The Kier molecular flexibility index (Phi) is 4.90. The SMILES string of the molecule is COC1CCC(N(C)C(=O)c2ccc(C(=O)O)nc2)CC1. The lowest BCUT2D eigenvalue weighted by Gasteiger charge is -2.34. The number of rotatable bonds is 4. The van der Waals surface area contributed by atoms with Crippen LogP contribution in [0.25, 0.3) is 0 Å². The second-order valence-corrected chi connectivity index (χ2v) is 5.32. The predicted molar refractivity (Wildman–Crippen MR) is 76.3 cm³/mol. The van der Waals surface area contributed by atoms with Gasteiger partial charge in [-0.15, -0.1) is 0 Å². The van der Waals surface area contributed by atoms with Gasteiger partial charge in [-0.2, -0.15) is 0 Å². The van der Waals surface area contributed by atoms with Crippen molar-refractivity contribution < 1.29 is 19.4 Å². The van der Waals surface area contributed by atoms with Gasteiger partial charge in [0, 0.05) is 26.4 Å². The maximum atomic E-state index is 12.4. The average Bonchev–Trinajstić information content (AvgIpc) is 2.53. The quantitative estimate of drug-likeness (QED) is 0.915. The van der Waals surface area contributed by atoms with E-state index in [1.807, 2.05) is 0 Å². The number of carbonyl (C=O) groups excluding carboxylic acids is 1. The van der Waals surface area contributed by atoms with Crippen LogP contribution in [0.1, 0.15) is 46.5 Å². The lowest BCUT2D eigenvalue weighted by molar-refractivity contribution is 0.0385. The van der Waals surface area contributed by atoms with E-state index in [4.69, 9.17) is 9.84 Å². The minimum atomic E-state index is -1.10. The molecule has 0 aliphatic heterocycles. The molecule has 1 aliphatic rings. The van der Waals surface area contributed by atoms with Gasteiger partial charge in [-0.25, -0.2) is 9.78 Å². The van der Waals surface area contributed by atoms with Crippen molar-refractivity contribution in [1.29, 1.82) is 0 Å². The number of aromatic nitrogens is 1. The zero-order valence-corrected chi connectivity index (χ0v) is 12.3. The molecule has 2 rings (SSSR count). The normalized spacial score (nSPS) is 21.8. The largest absolute Gasteiger partial charge is 0.477 e. The molecule has 1 aliphatic carbocycles. The fourth-order valence-corrected chi connectivity index (χ4v) is 2.68. The number of methoxy groups -OCH3 is 1. The van der Waals surface area contributed by atoms with Gasteiger partial charge in [0.15, 0.2) is 0 Å². The van der Waals surface area contributed by atoms with Gasteiger partial charge in [0.05, 0.1) is 11.7 Å². The number of carbonyl (C=O) groups is 2. The molecule has 1 fully saturated rings. The summed E-state index contributed by atoms with van der Waals surface area (Å²) in [6.07, 6.45) is 5.36. The highest BCUT2D eigenvalue weighted by Crippen LogP contribution is 2.24. The molecule has 6 nitrogen and oxygen atoms in total. The Balaban J connectivity index is 2.00. The predicted octanol–water partition coefficient (Wildman–Crippen LogP) is 1.81. The number of carboxylic acids is 1. The van der Waals surface area contributed by atoms with Crippen LogP contribution >= 0.6 is 0 Å². The standard InChI is InChI=1S/C15H20N2O4/c1-17(11-4-6-12(21-2)7-5-11)14(18)10-3-8-13(15(19)20)16-9-10/h3,8-9,11-12H,4-7H2,1-2H3,(H,19,20). The molecule has 0 radical (unpaired) electrons. The summed E-state index contributed by atoms with van der Waals surface area (Å²) in [5.74, 6) is -1.22. The second-order valence-electron chi connectivity index (χ2n) is 5.32. The van der Waals surface area contributed by atoms with E-state index in [9.17, 15) is 9.59 Å². The Morgan fingerprint density at radius 2 is 1.95 bits per heavy atom. The second kappa shape index (κ2) is 6.67. The number of pyridine rings is 1. The number of amides is 1. The number of carboxylic acid groups (broad SMARTS) is 1. The Hall–Kier alpha value is -1.95. The number of hydrogen-bond donors (Lipinski definition) is 1. The van der Waals surface area contributed by atoms with E-state index in [0.717, 1.165) is 25.7 Å². The first-order valence-corrected chi connectivity index (χ1v) is 7.02. The van der Waals surface area contributed by atoms with E-state index in [1.165, 1.54) is 18.3 Å². The summed E-state index contributed by atoms with van der Waals surface area (Å²) >= 11 is 0. The third-order valence-corrected chi connectivity index (χ3v) is 4.07. The van der Waals surface area contributed by atoms with Crippen LogP contribution < -0.4 is 0 Å². The maximum Gasteiger partial charge on any atom is 0.354 e. The number of ether oxygens (including phenoxy) is 1. The molecular formula is C15H20N2O4. The molecule has 6 heteroatoms. The van der Waals surface area contributed by atoms with Crippen molar-refractivity contribution in [3.63, 3.8) is 0 Å². The van der Waals surface area contributed by atoms with Crippen LogP contribution in [-0.2, 0) is 4.74 Å². The van der Waals surface area contributed by atoms with Crippen molar-refractivity contribution in [3.8, 4) is 0 Å².